The van der Waals surface area contributed by atoms with Crippen molar-refractivity contribution in [3.8, 4) is 0 Å². The molecule has 0 aromatic heterocycles. The first-order chi connectivity index (χ1) is 14.3. The summed E-state index contributed by atoms with van der Waals surface area (Å²) in [7, 11) is 0. The van der Waals surface area contributed by atoms with Gasteiger partial charge in [-0.15, -0.1) is 0 Å². The minimum absolute atomic E-state index is 0.919. The molecular weight excluding hydrogens is 352 g/mol. The Kier molecular flexibility index (Phi) is 25.2. The molecule has 29 heavy (non-hydrogen) atoms. The van der Waals surface area contributed by atoms with E-state index in [9.17, 15) is 0 Å². The second-order valence-electron chi connectivity index (χ2n) is 9.07. The quantitative estimate of drug-likeness (QED) is 0.114. The lowest BCUT2D eigenvalue weighted by atomic mass is 10.0. The van der Waals surface area contributed by atoms with Crippen molar-refractivity contribution in [2.45, 2.75) is 162 Å². The number of hydrogen-bond acceptors (Lipinski definition) is 1. The molecule has 0 aliphatic carbocycles. The fourth-order valence-electron chi connectivity index (χ4n) is 4.06. The lowest BCUT2D eigenvalue weighted by Crippen LogP contribution is -1.96. The first kappa shape index (κ1) is 28.5. The van der Waals surface area contributed by atoms with Crippen molar-refractivity contribution in [3.63, 3.8) is 0 Å². The molecule has 0 aromatic rings. The minimum atomic E-state index is 0.919. The fraction of sp³-hybridized carbons (Fsp3) is 0.929. The Morgan fingerprint density at radius 1 is 0.483 bits per heavy atom. The molecule has 0 radical (unpaired) electrons. The van der Waals surface area contributed by atoms with Crippen LogP contribution in [-0.2, 0) is 4.74 Å². The number of rotatable bonds is 24. The van der Waals surface area contributed by atoms with Crippen LogP contribution in [0.3, 0.4) is 0 Å². The summed E-state index contributed by atoms with van der Waals surface area (Å²) in [6, 6.07) is 0. The highest BCUT2D eigenvalue weighted by Crippen LogP contribution is 2.16. The molecular formula is C28H56O. The van der Waals surface area contributed by atoms with Crippen molar-refractivity contribution in [2.24, 2.45) is 0 Å². The van der Waals surface area contributed by atoms with Gasteiger partial charge in [0.1, 0.15) is 0 Å². The summed E-state index contributed by atoms with van der Waals surface area (Å²) in [5, 5.41) is 0. The molecule has 0 unspecified atom stereocenters. The molecule has 0 amide bonds. The number of ether oxygens (including phenoxy) is 1. The molecule has 0 aromatic carbocycles. The van der Waals surface area contributed by atoms with Crippen molar-refractivity contribution >= 4 is 0 Å². The summed E-state index contributed by atoms with van der Waals surface area (Å²) in [4.78, 5) is 0. The maximum absolute atomic E-state index is 5.96. The zero-order valence-corrected chi connectivity index (χ0v) is 20.7. The molecule has 0 fully saturated rings. The van der Waals surface area contributed by atoms with E-state index in [-0.39, 0.29) is 0 Å². The smallest absolute Gasteiger partial charge is 0.0917 e. The van der Waals surface area contributed by atoms with E-state index in [0.29, 0.717) is 0 Å². The van der Waals surface area contributed by atoms with Crippen LogP contribution >= 0.6 is 0 Å². The molecule has 0 bridgehead atoms. The summed E-state index contributed by atoms with van der Waals surface area (Å²) in [6.07, 6.45) is 32.9. The fourth-order valence-corrected chi connectivity index (χ4v) is 4.06. The van der Waals surface area contributed by atoms with Crippen LogP contribution in [0, 0.1) is 0 Å². The Bertz CT molecular complexity index is 320. The van der Waals surface area contributed by atoms with Gasteiger partial charge in [0.25, 0.3) is 0 Å². The van der Waals surface area contributed by atoms with Crippen LogP contribution in [0.2, 0.25) is 0 Å². The normalized spacial score (nSPS) is 11.9. The van der Waals surface area contributed by atoms with Crippen LogP contribution in [0.5, 0.6) is 0 Å². The molecule has 0 N–H and O–H groups in total. The largest absolute Gasteiger partial charge is 0.498 e. The second-order valence-corrected chi connectivity index (χ2v) is 9.07. The van der Waals surface area contributed by atoms with E-state index in [2.05, 4.69) is 26.8 Å². The highest BCUT2D eigenvalue weighted by molar-refractivity contribution is 4.90. The van der Waals surface area contributed by atoms with E-state index >= 15 is 0 Å². The van der Waals surface area contributed by atoms with E-state index < -0.39 is 0 Å². The van der Waals surface area contributed by atoms with Crippen molar-refractivity contribution < 1.29 is 4.74 Å². The lowest BCUT2D eigenvalue weighted by Gasteiger charge is -2.10. The average molecular weight is 409 g/mol. The van der Waals surface area contributed by atoms with E-state index in [1.165, 1.54) is 141 Å². The summed E-state index contributed by atoms with van der Waals surface area (Å²) >= 11 is 0. The van der Waals surface area contributed by atoms with E-state index in [0.717, 1.165) is 13.0 Å². The third-order valence-corrected chi connectivity index (χ3v) is 6.13. The molecule has 1 nitrogen and oxygen atoms in total. The summed E-state index contributed by atoms with van der Waals surface area (Å²) in [5.74, 6) is 1.23. The molecule has 0 atom stereocenters. The SMILES string of the molecule is C/C=C(/CCCCCCCCCCCCCCCCCC)OCCCCCCC. The van der Waals surface area contributed by atoms with Crippen LogP contribution in [0.15, 0.2) is 11.8 Å². The van der Waals surface area contributed by atoms with Gasteiger partial charge in [0.05, 0.1) is 12.4 Å². The molecule has 0 aliphatic rings. The third kappa shape index (κ3) is 23.7. The van der Waals surface area contributed by atoms with Crippen molar-refractivity contribution in [1.82, 2.24) is 0 Å². The van der Waals surface area contributed by atoms with Gasteiger partial charge in [-0.1, -0.05) is 136 Å². The highest BCUT2D eigenvalue weighted by atomic mass is 16.5. The van der Waals surface area contributed by atoms with Gasteiger partial charge in [0.15, 0.2) is 0 Å². The van der Waals surface area contributed by atoms with Crippen LogP contribution in [0.25, 0.3) is 0 Å². The lowest BCUT2D eigenvalue weighted by molar-refractivity contribution is 0.193. The first-order valence-corrected chi connectivity index (χ1v) is 13.6. The van der Waals surface area contributed by atoms with Crippen LogP contribution in [0.1, 0.15) is 162 Å². The zero-order valence-electron chi connectivity index (χ0n) is 20.7. The summed E-state index contributed by atoms with van der Waals surface area (Å²) < 4.78 is 5.96. The standard InChI is InChI=1S/C28H56O/c1-4-7-9-11-12-13-14-15-16-17-18-19-20-21-22-24-26-28(6-3)29-27-25-23-10-8-5-2/h6H,4-5,7-27H2,1-3H3/b28-6-. The maximum atomic E-state index is 5.96. The number of unbranched alkanes of at least 4 members (excludes halogenated alkanes) is 19. The predicted octanol–water partition coefficient (Wildman–Crippen LogP) is 10.5. The Morgan fingerprint density at radius 2 is 0.828 bits per heavy atom. The summed E-state index contributed by atoms with van der Waals surface area (Å²) in [5.41, 5.74) is 0. The molecule has 0 saturated carbocycles. The number of allylic oxidation sites excluding steroid dienone is 2. The third-order valence-electron chi connectivity index (χ3n) is 6.13. The van der Waals surface area contributed by atoms with Gasteiger partial charge in [0.2, 0.25) is 0 Å². The average Bonchev–Trinajstić information content (AvgIpc) is 2.74. The van der Waals surface area contributed by atoms with E-state index in [1.54, 1.807) is 0 Å². The van der Waals surface area contributed by atoms with Gasteiger partial charge in [0, 0.05) is 6.42 Å². The Hall–Kier alpha value is -0.460. The molecule has 0 spiro atoms. The molecule has 174 valence electrons. The van der Waals surface area contributed by atoms with Crippen LogP contribution in [0.4, 0.5) is 0 Å². The molecule has 1 heteroatoms. The van der Waals surface area contributed by atoms with Crippen molar-refractivity contribution in [1.29, 1.82) is 0 Å². The monoisotopic (exact) mass is 408 g/mol. The topological polar surface area (TPSA) is 9.23 Å². The minimum Gasteiger partial charge on any atom is -0.498 e. The highest BCUT2D eigenvalue weighted by Gasteiger charge is 1.99. The second kappa shape index (κ2) is 25.6. The Morgan fingerprint density at radius 3 is 1.21 bits per heavy atom. The maximum Gasteiger partial charge on any atom is 0.0917 e. The summed E-state index contributed by atoms with van der Waals surface area (Å²) in [6.45, 7) is 7.61. The predicted molar refractivity (Wildman–Crippen MR) is 133 cm³/mol. The van der Waals surface area contributed by atoms with Crippen LogP contribution in [-0.4, -0.2) is 6.61 Å². The van der Waals surface area contributed by atoms with E-state index in [1.807, 2.05) is 0 Å². The van der Waals surface area contributed by atoms with Gasteiger partial charge >= 0.3 is 0 Å². The van der Waals surface area contributed by atoms with Crippen molar-refractivity contribution in [3.05, 3.63) is 11.8 Å². The molecule has 0 heterocycles. The van der Waals surface area contributed by atoms with Gasteiger partial charge in [-0.25, -0.2) is 0 Å². The van der Waals surface area contributed by atoms with Gasteiger partial charge in [-0.2, -0.15) is 0 Å². The van der Waals surface area contributed by atoms with Gasteiger partial charge < -0.3 is 4.74 Å². The molecule has 0 aliphatic heterocycles. The first-order valence-electron chi connectivity index (χ1n) is 13.6. The van der Waals surface area contributed by atoms with Gasteiger partial charge in [-0.05, 0) is 25.8 Å². The Labute approximate surface area is 185 Å². The zero-order chi connectivity index (χ0) is 21.3. The van der Waals surface area contributed by atoms with Gasteiger partial charge in [-0.3, -0.25) is 0 Å². The van der Waals surface area contributed by atoms with Crippen LogP contribution < -0.4 is 0 Å². The molecule has 0 rings (SSSR count). The number of hydrogen-bond donors (Lipinski definition) is 0. The Balaban J connectivity index is 3.23. The van der Waals surface area contributed by atoms with E-state index in [4.69, 9.17) is 4.74 Å². The molecule has 0 saturated heterocycles. The van der Waals surface area contributed by atoms with Crippen molar-refractivity contribution in [2.75, 3.05) is 6.61 Å².